The average molecular weight is 222 g/mol. The van der Waals surface area contributed by atoms with E-state index in [0.29, 0.717) is 11.8 Å². The molecule has 4 rings (SSSR count). The molecular weight excluding hydrogens is 200 g/mol. The molecule has 2 nitrogen and oxygen atoms in total. The van der Waals surface area contributed by atoms with Gasteiger partial charge in [-0.05, 0) is 61.2 Å². The first kappa shape index (κ1) is 10.6. The first-order valence-electron chi connectivity index (χ1n) is 6.77. The molecule has 2 atom stereocenters. The van der Waals surface area contributed by atoms with Crippen molar-refractivity contribution < 1.29 is 9.90 Å². The van der Waals surface area contributed by atoms with Crippen molar-refractivity contribution in [2.75, 3.05) is 0 Å². The monoisotopic (exact) mass is 222 g/mol. The van der Waals surface area contributed by atoms with Crippen LogP contribution in [0.1, 0.15) is 58.3 Å². The van der Waals surface area contributed by atoms with E-state index < -0.39 is 5.97 Å². The minimum absolute atomic E-state index is 0.186. The van der Waals surface area contributed by atoms with E-state index in [1.165, 1.54) is 44.9 Å². The molecule has 16 heavy (non-hydrogen) atoms. The van der Waals surface area contributed by atoms with E-state index in [0.717, 1.165) is 11.8 Å². The zero-order valence-corrected chi connectivity index (χ0v) is 10.2. The van der Waals surface area contributed by atoms with Crippen molar-refractivity contribution in [1.29, 1.82) is 0 Å². The molecule has 0 aromatic carbocycles. The van der Waals surface area contributed by atoms with Gasteiger partial charge in [0.1, 0.15) is 0 Å². The second kappa shape index (κ2) is 3.24. The Morgan fingerprint density at radius 3 is 2.25 bits per heavy atom. The Morgan fingerprint density at radius 1 is 1.19 bits per heavy atom. The van der Waals surface area contributed by atoms with E-state index in [-0.39, 0.29) is 5.41 Å². The highest BCUT2D eigenvalue weighted by Gasteiger charge is 2.57. The van der Waals surface area contributed by atoms with Crippen LogP contribution in [0.4, 0.5) is 0 Å². The lowest BCUT2D eigenvalue weighted by atomic mass is 9.43. The van der Waals surface area contributed by atoms with Gasteiger partial charge in [0.2, 0.25) is 0 Å². The van der Waals surface area contributed by atoms with Crippen LogP contribution in [0.15, 0.2) is 0 Å². The summed E-state index contributed by atoms with van der Waals surface area (Å²) in [6.07, 6.45) is 9.49. The highest BCUT2D eigenvalue weighted by Crippen LogP contribution is 2.67. The van der Waals surface area contributed by atoms with Crippen molar-refractivity contribution in [3.8, 4) is 0 Å². The van der Waals surface area contributed by atoms with E-state index in [9.17, 15) is 4.79 Å². The van der Waals surface area contributed by atoms with Gasteiger partial charge < -0.3 is 5.11 Å². The Morgan fingerprint density at radius 2 is 1.75 bits per heavy atom. The third-order valence-electron chi connectivity index (χ3n) is 5.58. The highest BCUT2D eigenvalue weighted by atomic mass is 16.4. The van der Waals surface area contributed by atoms with Crippen LogP contribution < -0.4 is 0 Å². The largest absolute Gasteiger partial charge is 0.481 e. The molecule has 0 amide bonds. The lowest BCUT2D eigenvalue weighted by Crippen LogP contribution is -2.52. The van der Waals surface area contributed by atoms with Crippen LogP contribution >= 0.6 is 0 Å². The molecule has 0 aromatic rings. The normalized spacial score (nSPS) is 49.6. The van der Waals surface area contributed by atoms with Crippen molar-refractivity contribution in [2.24, 2.45) is 22.7 Å². The smallest absolute Gasteiger partial charge is 0.303 e. The van der Waals surface area contributed by atoms with Gasteiger partial charge in [-0.2, -0.15) is 0 Å². The number of rotatable bonds is 3. The lowest BCUT2D eigenvalue weighted by Gasteiger charge is -2.62. The molecule has 4 aliphatic carbocycles. The predicted molar refractivity (Wildman–Crippen MR) is 62.1 cm³/mol. The Bertz CT molecular complexity index is 307. The fraction of sp³-hybridized carbons (Fsp3) is 0.929. The number of carbonyl (C=O) groups is 1. The second-order valence-electron chi connectivity index (χ2n) is 6.89. The van der Waals surface area contributed by atoms with Gasteiger partial charge in [0, 0.05) is 0 Å². The molecule has 0 unspecified atom stereocenters. The van der Waals surface area contributed by atoms with Crippen LogP contribution in [-0.4, -0.2) is 11.1 Å². The summed E-state index contributed by atoms with van der Waals surface area (Å²) in [6.45, 7) is 2.31. The van der Waals surface area contributed by atoms with Crippen LogP contribution in [0.2, 0.25) is 0 Å². The van der Waals surface area contributed by atoms with Crippen molar-refractivity contribution in [3.63, 3.8) is 0 Å². The molecule has 4 fully saturated rings. The summed E-state index contributed by atoms with van der Waals surface area (Å²) >= 11 is 0. The first-order chi connectivity index (χ1) is 7.55. The maximum absolute atomic E-state index is 11.1. The molecular formula is C14H22O2. The SMILES string of the molecule is CCC12C[C@@H]3C[C@@H](C1)CC(CC(=O)O)(C3)C2. The van der Waals surface area contributed by atoms with Crippen molar-refractivity contribution >= 4 is 5.97 Å². The van der Waals surface area contributed by atoms with Gasteiger partial charge in [-0.3, -0.25) is 4.79 Å². The zero-order valence-electron chi connectivity index (χ0n) is 10.2. The summed E-state index contributed by atoms with van der Waals surface area (Å²) in [5.41, 5.74) is 0.714. The highest BCUT2D eigenvalue weighted by molar-refractivity contribution is 5.67. The molecule has 0 aromatic heterocycles. The van der Waals surface area contributed by atoms with Crippen molar-refractivity contribution in [2.45, 2.75) is 58.3 Å². The minimum atomic E-state index is -0.576. The third kappa shape index (κ3) is 1.49. The van der Waals surface area contributed by atoms with Crippen LogP contribution in [0.5, 0.6) is 0 Å². The van der Waals surface area contributed by atoms with E-state index in [4.69, 9.17) is 5.11 Å². The molecule has 0 spiro atoms. The Balaban J connectivity index is 1.89. The fourth-order valence-electron chi connectivity index (χ4n) is 5.59. The second-order valence-corrected chi connectivity index (χ2v) is 6.89. The Labute approximate surface area is 97.4 Å². The molecule has 0 radical (unpaired) electrons. The van der Waals surface area contributed by atoms with Crippen molar-refractivity contribution in [1.82, 2.24) is 0 Å². The lowest BCUT2D eigenvalue weighted by molar-refractivity contribution is -0.152. The standard InChI is InChI=1S/C14H22O2/c1-2-13-4-10-3-11(5-13)7-14(6-10,9-13)8-12(15)16/h10-11H,2-9H2,1H3,(H,15,16)/t10-,11-,13?,14?/m0/s1. The van der Waals surface area contributed by atoms with Crippen LogP contribution in [0.25, 0.3) is 0 Å². The van der Waals surface area contributed by atoms with E-state index in [1.807, 2.05) is 0 Å². The summed E-state index contributed by atoms with van der Waals surface area (Å²) in [5, 5.41) is 9.13. The Kier molecular flexibility index (Phi) is 2.15. The van der Waals surface area contributed by atoms with Crippen molar-refractivity contribution in [3.05, 3.63) is 0 Å². The molecule has 1 N–H and O–H groups in total. The van der Waals surface area contributed by atoms with Gasteiger partial charge in [0.25, 0.3) is 0 Å². The summed E-state index contributed by atoms with van der Waals surface area (Å²) in [7, 11) is 0. The van der Waals surface area contributed by atoms with E-state index >= 15 is 0 Å². The molecule has 4 bridgehead atoms. The van der Waals surface area contributed by atoms with Gasteiger partial charge in [0.05, 0.1) is 6.42 Å². The van der Waals surface area contributed by atoms with Gasteiger partial charge in [-0.1, -0.05) is 13.3 Å². The number of carboxylic acid groups (broad SMARTS) is 1. The molecule has 90 valence electrons. The number of hydrogen-bond donors (Lipinski definition) is 1. The minimum Gasteiger partial charge on any atom is -0.481 e. The molecule has 0 aliphatic heterocycles. The van der Waals surface area contributed by atoms with Gasteiger partial charge in [-0.25, -0.2) is 0 Å². The molecule has 2 heteroatoms. The fourth-order valence-corrected chi connectivity index (χ4v) is 5.59. The molecule has 0 heterocycles. The summed E-state index contributed by atoms with van der Waals surface area (Å²) in [6, 6.07) is 0. The van der Waals surface area contributed by atoms with E-state index in [2.05, 4.69) is 6.92 Å². The number of aliphatic carboxylic acids is 1. The predicted octanol–water partition coefficient (Wildman–Crippen LogP) is 3.46. The number of carboxylic acids is 1. The molecule has 0 saturated heterocycles. The quantitative estimate of drug-likeness (QED) is 0.794. The zero-order chi connectivity index (χ0) is 11.4. The summed E-state index contributed by atoms with van der Waals surface area (Å²) in [4.78, 5) is 11.1. The van der Waals surface area contributed by atoms with Gasteiger partial charge in [0.15, 0.2) is 0 Å². The average Bonchev–Trinajstić information content (AvgIpc) is 2.13. The summed E-state index contributed by atoms with van der Waals surface area (Å²) in [5.74, 6) is 1.12. The molecule has 4 aliphatic rings. The van der Waals surface area contributed by atoms with Gasteiger partial charge >= 0.3 is 5.97 Å². The third-order valence-corrected chi connectivity index (χ3v) is 5.58. The maximum Gasteiger partial charge on any atom is 0.303 e. The van der Waals surface area contributed by atoms with Crippen LogP contribution in [0, 0.1) is 22.7 Å². The maximum atomic E-state index is 11.1. The topological polar surface area (TPSA) is 37.3 Å². The van der Waals surface area contributed by atoms with Crippen LogP contribution in [-0.2, 0) is 4.79 Å². The molecule has 4 saturated carbocycles. The Hall–Kier alpha value is -0.530. The number of hydrogen-bond acceptors (Lipinski definition) is 1. The van der Waals surface area contributed by atoms with E-state index in [1.54, 1.807) is 0 Å². The first-order valence-corrected chi connectivity index (χ1v) is 6.77. The van der Waals surface area contributed by atoms with Gasteiger partial charge in [-0.15, -0.1) is 0 Å². The van der Waals surface area contributed by atoms with Crippen LogP contribution in [0.3, 0.4) is 0 Å². The summed E-state index contributed by atoms with van der Waals surface area (Å²) < 4.78 is 0.